The molecule has 1 aromatic heterocycles. The van der Waals surface area contributed by atoms with Crippen LogP contribution in [-0.2, 0) is 4.79 Å². The lowest BCUT2D eigenvalue weighted by Crippen LogP contribution is -2.45. The molecule has 1 unspecified atom stereocenters. The standard InChI is InChI=1S/C35H46N6O2/c36-33(31-13-6-5-10-27-18-22-38-25-32(27)31)34(42)39-21-8-7-9-26-19-23-40(24-20-26)35(43)28-14-16-30(17-15-28)41(37)29-11-3-1-2-4-12-29/h1,3,10-11,14-18,22,25-26,33H,2,4-9,12-13,19-21,23-24,36-37H2,(H,39,42). The second-order valence-corrected chi connectivity index (χ2v) is 12.0. The van der Waals surface area contributed by atoms with E-state index < -0.39 is 6.04 Å². The molecule has 3 aliphatic rings. The van der Waals surface area contributed by atoms with Crippen LogP contribution in [0.3, 0.4) is 0 Å². The molecule has 228 valence electrons. The molecule has 2 aliphatic carbocycles. The Morgan fingerprint density at radius 2 is 1.84 bits per heavy atom. The Morgan fingerprint density at radius 1 is 1.05 bits per heavy atom. The fourth-order valence-electron chi connectivity index (χ4n) is 6.40. The Bertz CT molecular complexity index is 1440. The molecule has 0 radical (unpaired) electrons. The number of rotatable bonds is 10. The van der Waals surface area contributed by atoms with Crippen molar-refractivity contribution in [2.45, 2.75) is 76.7 Å². The van der Waals surface area contributed by atoms with Crippen LogP contribution in [0.2, 0.25) is 0 Å². The van der Waals surface area contributed by atoms with Crippen LogP contribution in [0, 0.1) is 5.92 Å². The van der Waals surface area contributed by atoms with Crippen molar-refractivity contribution in [1.29, 1.82) is 0 Å². The number of carbonyl (C=O) groups excluding carboxylic acids is 2. The van der Waals surface area contributed by atoms with E-state index in [1.54, 1.807) is 11.2 Å². The van der Waals surface area contributed by atoms with E-state index in [4.69, 9.17) is 11.6 Å². The van der Waals surface area contributed by atoms with Gasteiger partial charge in [0, 0.05) is 48.5 Å². The number of pyridine rings is 1. The molecule has 2 aromatic rings. The largest absolute Gasteiger partial charge is 0.354 e. The fraction of sp³-hybridized carbons (Fsp3) is 0.457. The summed E-state index contributed by atoms with van der Waals surface area (Å²) in [5.41, 5.74) is 10.1. The van der Waals surface area contributed by atoms with E-state index in [1.165, 1.54) is 0 Å². The van der Waals surface area contributed by atoms with Gasteiger partial charge >= 0.3 is 0 Å². The Kier molecular flexibility index (Phi) is 10.8. The zero-order chi connectivity index (χ0) is 30.0. The second-order valence-electron chi connectivity index (χ2n) is 12.0. The summed E-state index contributed by atoms with van der Waals surface area (Å²) in [6, 6.07) is 9.00. The lowest BCUT2D eigenvalue weighted by Gasteiger charge is -2.32. The van der Waals surface area contributed by atoms with Crippen LogP contribution in [-0.4, -0.2) is 47.4 Å². The molecule has 1 aliphatic heterocycles. The van der Waals surface area contributed by atoms with Crippen molar-refractivity contribution in [3.05, 3.63) is 82.7 Å². The van der Waals surface area contributed by atoms with Gasteiger partial charge in [-0.2, -0.15) is 0 Å². The van der Waals surface area contributed by atoms with Gasteiger partial charge in [0.2, 0.25) is 5.91 Å². The third-order valence-corrected chi connectivity index (χ3v) is 9.04. The van der Waals surface area contributed by atoms with Crippen LogP contribution in [0.1, 0.15) is 81.0 Å². The van der Waals surface area contributed by atoms with E-state index in [9.17, 15) is 9.59 Å². The molecule has 43 heavy (non-hydrogen) atoms. The monoisotopic (exact) mass is 582 g/mol. The number of allylic oxidation sites excluding steroid dienone is 4. The number of unbranched alkanes of at least 4 members (excludes halogenated alkanes) is 1. The van der Waals surface area contributed by atoms with Crippen molar-refractivity contribution in [1.82, 2.24) is 15.2 Å². The maximum atomic E-state index is 13.2. The Balaban J connectivity index is 1.01. The molecular formula is C35H46N6O2. The molecule has 1 atom stereocenters. The second kappa shape index (κ2) is 15.1. The average molecular weight is 583 g/mol. The highest BCUT2D eigenvalue weighted by atomic mass is 16.2. The number of hydrogen-bond donors (Lipinski definition) is 3. The predicted octanol–water partition coefficient (Wildman–Crippen LogP) is 3.67. The number of amides is 2. The molecule has 0 saturated carbocycles. The predicted molar refractivity (Wildman–Crippen MR) is 173 cm³/mol. The topological polar surface area (TPSA) is 118 Å². The molecule has 0 bridgehead atoms. The van der Waals surface area contributed by atoms with Gasteiger partial charge in [0.15, 0.2) is 0 Å². The van der Waals surface area contributed by atoms with Gasteiger partial charge in [-0.05, 0) is 111 Å². The van der Waals surface area contributed by atoms with Crippen molar-refractivity contribution in [3.63, 3.8) is 0 Å². The number of piperidine rings is 1. The van der Waals surface area contributed by atoms with E-state index in [0.717, 1.165) is 111 Å². The number of nitrogens with two attached hydrogens (primary N) is 2. The van der Waals surface area contributed by atoms with Crippen LogP contribution in [0.15, 0.2) is 66.7 Å². The highest BCUT2D eigenvalue weighted by Gasteiger charge is 2.24. The molecule has 0 spiro atoms. The molecule has 1 saturated heterocycles. The number of anilines is 1. The first-order chi connectivity index (χ1) is 21.0. The van der Waals surface area contributed by atoms with Gasteiger partial charge in [-0.25, -0.2) is 5.84 Å². The van der Waals surface area contributed by atoms with Crippen molar-refractivity contribution in [2.75, 3.05) is 24.6 Å². The number of benzene rings is 1. The van der Waals surface area contributed by atoms with Gasteiger partial charge in [-0.3, -0.25) is 19.6 Å². The van der Waals surface area contributed by atoms with Crippen LogP contribution in [0.25, 0.3) is 11.6 Å². The minimum Gasteiger partial charge on any atom is -0.354 e. The summed E-state index contributed by atoms with van der Waals surface area (Å²) >= 11 is 0. The average Bonchev–Trinajstić information content (AvgIpc) is 3.46. The van der Waals surface area contributed by atoms with Crippen LogP contribution in [0.4, 0.5) is 5.69 Å². The quantitative estimate of drug-likeness (QED) is 0.224. The zero-order valence-corrected chi connectivity index (χ0v) is 25.2. The van der Waals surface area contributed by atoms with Gasteiger partial charge < -0.3 is 16.0 Å². The summed E-state index contributed by atoms with van der Waals surface area (Å²) in [5.74, 6) is 6.96. The number of nitrogens with zero attached hydrogens (tertiary/aromatic N) is 3. The van der Waals surface area contributed by atoms with Crippen molar-refractivity contribution >= 4 is 29.2 Å². The van der Waals surface area contributed by atoms with Gasteiger partial charge in [0.25, 0.3) is 5.91 Å². The lowest BCUT2D eigenvalue weighted by atomic mass is 9.91. The molecule has 8 heteroatoms. The summed E-state index contributed by atoms with van der Waals surface area (Å²) in [7, 11) is 0. The molecule has 1 fully saturated rings. The third kappa shape index (κ3) is 8.00. The Labute approximate surface area is 255 Å². The molecular weight excluding hydrogens is 536 g/mol. The van der Waals surface area contributed by atoms with Crippen LogP contribution < -0.4 is 32.3 Å². The fourth-order valence-corrected chi connectivity index (χ4v) is 6.40. The number of hydrogen-bond acceptors (Lipinski definition) is 6. The smallest absolute Gasteiger partial charge is 0.253 e. The lowest BCUT2D eigenvalue weighted by molar-refractivity contribution is -0.121. The highest BCUT2D eigenvalue weighted by molar-refractivity contribution is 5.94. The van der Waals surface area contributed by atoms with Gasteiger partial charge in [0.05, 0.1) is 5.69 Å². The van der Waals surface area contributed by atoms with Crippen LogP contribution >= 0.6 is 0 Å². The number of carbonyl (C=O) groups is 2. The summed E-state index contributed by atoms with van der Waals surface area (Å²) in [6.45, 7) is 2.20. The first kappa shape index (κ1) is 30.7. The third-order valence-electron chi connectivity index (χ3n) is 9.04. The number of aromatic nitrogens is 1. The molecule has 2 heterocycles. The first-order valence-electron chi connectivity index (χ1n) is 16.0. The van der Waals surface area contributed by atoms with E-state index >= 15 is 0 Å². The summed E-state index contributed by atoms with van der Waals surface area (Å²) in [4.78, 5) is 32.2. The molecule has 5 rings (SSSR count). The normalized spacial score (nSPS) is 18.0. The molecule has 1 aromatic carbocycles. The van der Waals surface area contributed by atoms with E-state index in [2.05, 4.69) is 34.6 Å². The summed E-state index contributed by atoms with van der Waals surface area (Å²) in [5, 5.41) is 6.91. The molecule has 8 nitrogen and oxygen atoms in total. The van der Waals surface area contributed by atoms with E-state index in [1.807, 2.05) is 41.4 Å². The molecule has 5 N–H and O–H groups in total. The minimum atomic E-state index is -0.641. The SMILES string of the molecule is NC(C(=O)NCCCCC1CCN(C(=O)c2ccc(N(N)C3=CC=CCCC3)cc2)CC1)C1=c2cnccc2=CCCC1. The first-order valence-corrected chi connectivity index (χ1v) is 16.0. The summed E-state index contributed by atoms with van der Waals surface area (Å²) in [6.07, 6.45) is 23.1. The Morgan fingerprint density at radius 3 is 2.65 bits per heavy atom. The van der Waals surface area contributed by atoms with Crippen molar-refractivity contribution in [3.8, 4) is 0 Å². The maximum Gasteiger partial charge on any atom is 0.253 e. The van der Waals surface area contributed by atoms with E-state index in [-0.39, 0.29) is 11.8 Å². The van der Waals surface area contributed by atoms with Gasteiger partial charge in [-0.1, -0.05) is 31.1 Å². The number of likely N-dealkylation sites (tertiary alicyclic amines) is 1. The number of nitrogens with one attached hydrogen (secondary N) is 1. The van der Waals surface area contributed by atoms with Gasteiger partial charge in [-0.15, -0.1) is 0 Å². The van der Waals surface area contributed by atoms with Crippen molar-refractivity contribution < 1.29 is 9.59 Å². The Hall–Kier alpha value is -3.75. The minimum absolute atomic E-state index is 0.0899. The zero-order valence-electron chi connectivity index (χ0n) is 25.2. The van der Waals surface area contributed by atoms with Crippen LogP contribution in [0.5, 0.6) is 0 Å². The summed E-state index contributed by atoms with van der Waals surface area (Å²) < 4.78 is 0. The van der Waals surface area contributed by atoms with E-state index in [0.29, 0.717) is 18.0 Å². The number of hydrazine groups is 1. The maximum absolute atomic E-state index is 13.2. The van der Waals surface area contributed by atoms with Crippen molar-refractivity contribution in [2.24, 2.45) is 17.5 Å². The molecule has 2 amide bonds. The van der Waals surface area contributed by atoms with Gasteiger partial charge in [0.1, 0.15) is 6.04 Å². The highest BCUT2D eigenvalue weighted by Crippen LogP contribution is 2.25. The number of fused-ring (bicyclic) bond motifs is 1.